The third kappa shape index (κ3) is 3.24. The maximum Gasteiger partial charge on any atom is 0.249 e. The number of aromatic nitrogens is 1. The van der Waals surface area contributed by atoms with Crippen molar-refractivity contribution in [3.63, 3.8) is 0 Å². The van der Waals surface area contributed by atoms with E-state index in [1.165, 1.54) is 0 Å². The molecule has 0 aromatic carbocycles. The summed E-state index contributed by atoms with van der Waals surface area (Å²) in [6.45, 7) is 1.86. The van der Waals surface area contributed by atoms with Crippen LogP contribution in [0.5, 0.6) is 0 Å². The van der Waals surface area contributed by atoms with Gasteiger partial charge in [0.1, 0.15) is 0 Å². The van der Waals surface area contributed by atoms with Crippen molar-refractivity contribution < 1.29 is 13.6 Å². The van der Waals surface area contributed by atoms with Crippen molar-refractivity contribution in [2.75, 3.05) is 0 Å². The monoisotopic (exact) mass is 254 g/mol. The van der Waals surface area contributed by atoms with E-state index in [0.29, 0.717) is 6.42 Å². The maximum absolute atomic E-state index is 12.6. The Bertz CT molecular complexity index is 414. The van der Waals surface area contributed by atoms with Gasteiger partial charge in [0, 0.05) is 37.2 Å². The summed E-state index contributed by atoms with van der Waals surface area (Å²) in [5.41, 5.74) is 1.02. The lowest BCUT2D eigenvalue weighted by Gasteiger charge is -2.34. The second kappa shape index (κ2) is 5.00. The zero-order valence-corrected chi connectivity index (χ0v) is 10.2. The number of pyridine rings is 1. The van der Waals surface area contributed by atoms with Crippen molar-refractivity contribution in [3.8, 4) is 0 Å². The van der Waals surface area contributed by atoms with Crippen LogP contribution in [-0.2, 0) is 11.2 Å². The summed E-state index contributed by atoms with van der Waals surface area (Å²) < 4.78 is 25.3. The number of carbonyl (C=O) groups excluding carboxylic acids is 1. The highest BCUT2D eigenvalue weighted by molar-refractivity contribution is 5.80. The fourth-order valence-electron chi connectivity index (χ4n) is 2.13. The molecular formula is C13H16F2N2O. The van der Waals surface area contributed by atoms with E-state index in [0.717, 1.165) is 5.56 Å². The van der Waals surface area contributed by atoms with E-state index in [2.05, 4.69) is 10.3 Å². The Morgan fingerprint density at radius 2 is 2.33 bits per heavy atom. The molecule has 1 N–H and O–H groups in total. The smallest absolute Gasteiger partial charge is 0.249 e. The molecule has 1 fully saturated rings. The summed E-state index contributed by atoms with van der Waals surface area (Å²) >= 11 is 0. The van der Waals surface area contributed by atoms with Crippen LogP contribution in [0.1, 0.15) is 25.3 Å². The van der Waals surface area contributed by atoms with Crippen LogP contribution in [0.3, 0.4) is 0 Å². The van der Waals surface area contributed by atoms with Gasteiger partial charge >= 0.3 is 0 Å². The molecule has 1 saturated carbocycles. The number of nitrogens with zero attached hydrogens (tertiary/aromatic N) is 1. The molecule has 0 spiro atoms. The molecule has 18 heavy (non-hydrogen) atoms. The molecular weight excluding hydrogens is 238 g/mol. The molecule has 0 aliphatic heterocycles. The summed E-state index contributed by atoms with van der Waals surface area (Å²) in [7, 11) is 0. The summed E-state index contributed by atoms with van der Waals surface area (Å²) in [6.07, 6.45) is 3.43. The molecule has 1 heterocycles. The number of alkyl halides is 2. The second-order valence-corrected chi connectivity index (χ2v) is 4.94. The Morgan fingerprint density at radius 3 is 2.89 bits per heavy atom. The minimum absolute atomic E-state index is 0.0732. The van der Waals surface area contributed by atoms with E-state index in [-0.39, 0.29) is 24.8 Å². The molecule has 3 nitrogen and oxygen atoms in total. The average molecular weight is 254 g/mol. The van der Waals surface area contributed by atoms with Gasteiger partial charge in [0.05, 0.1) is 0 Å². The molecule has 1 unspecified atom stereocenters. The van der Waals surface area contributed by atoms with Gasteiger partial charge in [-0.3, -0.25) is 9.78 Å². The molecule has 1 aromatic rings. The topological polar surface area (TPSA) is 42.0 Å². The van der Waals surface area contributed by atoms with Crippen LogP contribution in [0, 0.1) is 5.92 Å². The van der Waals surface area contributed by atoms with Gasteiger partial charge in [-0.05, 0) is 25.0 Å². The minimum Gasteiger partial charge on any atom is -0.353 e. The lowest BCUT2D eigenvalue weighted by molar-refractivity contribution is -0.150. The van der Waals surface area contributed by atoms with Gasteiger partial charge in [-0.1, -0.05) is 6.07 Å². The number of carbonyl (C=O) groups is 1. The molecule has 2 rings (SSSR count). The zero-order chi connectivity index (χ0) is 13.2. The van der Waals surface area contributed by atoms with Crippen LogP contribution in [0.25, 0.3) is 0 Å². The highest BCUT2D eigenvalue weighted by Gasteiger charge is 2.48. The van der Waals surface area contributed by atoms with Crippen LogP contribution in [0.4, 0.5) is 8.78 Å². The molecule has 0 saturated heterocycles. The van der Waals surface area contributed by atoms with Gasteiger partial charge in [-0.2, -0.15) is 0 Å². The molecule has 0 bridgehead atoms. The molecule has 1 amide bonds. The fourth-order valence-corrected chi connectivity index (χ4v) is 2.13. The highest BCUT2D eigenvalue weighted by atomic mass is 19.3. The summed E-state index contributed by atoms with van der Waals surface area (Å²) in [5, 5.41) is 2.77. The van der Waals surface area contributed by atoms with Gasteiger partial charge in [-0.25, -0.2) is 8.78 Å². The lowest BCUT2D eigenvalue weighted by atomic mass is 9.80. The number of nitrogens with one attached hydrogen (secondary N) is 1. The lowest BCUT2D eigenvalue weighted by Crippen LogP contribution is -2.47. The van der Waals surface area contributed by atoms with Crippen LogP contribution in [0.2, 0.25) is 0 Å². The fraction of sp³-hybridized carbons (Fsp3) is 0.538. The standard InChI is InChI=1S/C13H16F2N2O/c1-9(5-10-3-2-4-16-8-10)17-12(18)11-6-13(14,15)7-11/h2-4,8-9,11H,5-7H2,1H3,(H,17,18). The van der Waals surface area contributed by atoms with E-state index < -0.39 is 11.8 Å². The number of rotatable bonds is 4. The molecule has 1 aromatic heterocycles. The minimum atomic E-state index is -2.64. The first-order valence-electron chi connectivity index (χ1n) is 6.03. The van der Waals surface area contributed by atoms with E-state index in [9.17, 15) is 13.6 Å². The molecule has 1 aliphatic carbocycles. The number of hydrogen-bond donors (Lipinski definition) is 1. The third-order valence-corrected chi connectivity index (χ3v) is 3.11. The average Bonchev–Trinajstić information content (AvgIpc) is 2.26. The quantitative estimate of drug-likeness (QED) is 0.894. The van der Waals surface area contributed by atoms with Gasteiger partial charge in [-0.15, -0.1) is 0 Å². The summed E-state index contributed by atoms with van der Waals surface area (Å²) in [5.74, 6) is -3.44. The zero-order valence-electron chi connectivity index (χ0n) is 10.2. The van der Waals surface area contributed by atoms with Crippen LogP contribution in [-0.4, -0.2) is 22.9 Å². The Kier molecular flexibility index (Phi) is 3.59. The number of amides is 1. The van der Waals surface area contributed by atoms with E-state index in [1.807, 2.05) is 19.1 Å². The van der Waals surface area contributed by atoms with E-state index in [4.69, 9.17) is 0 Å². The van der Waals surface area contributed by atoms with Crippen LogP contribution in [0.15, 0.2) is 24.5 Å². The van der Waals surface area contributed by atoms with Crippen LogP contribution >= 0.6 is 0 Å². The second-order valence-electron chi connectivity index (χ2n) is 4.94. The van der Waals surface area contributed by atoms with Crippen molar-refractivity contribution >= 4 is 5.91 Å². The molecule has 5 heteroatoms. The predicted molar refractivity (Wildman–Crippen MR) is 63.2 cm³/mol. The van der Waals surface area contributed by atoms with Gasteiger partial charge < -0.3 is 5.32 Å². The summed E-state index contributed by atoms with van der Waals surface area (Å²) in [4.78, 5) is 15.6. The first-order valence-corrected chi connectivity index (χ1v) is 6.03. The van der Waals surface area contributed by atoms with Crippen molar-refractivity contribution in [2.45, 2.75) is 38.2 Å². The third-order valence-electron chi connectivity index (χ3n) is 3.11. The molecule has 1 aliphatic rings. The highest BCUT2D eigenvalue weighted by Crippen LogP contribution is 2.42. The molecule has 98 valence electrons. The maximum atomic E-state index is 12.6. The van der Waals surface area contributed by atoms with Crippen LogP contribution < -0.4 is 5.32 Å². The molecule has 1 atom stereocenters. The van der Waals surface area contributed by atoms with Gasteiger partial charge in [0.2, 0.25) is 11.8 Å². The SMILES string of the molecule is CC(Cc1cccnc1)NC(=O)C1CC(F)(F)C1. The summed E-state index contributed by atoms with van der Waals surface area (Å²) in [6, 6.07) is 3.68. The van der Waals surface area contributed by atoms with Crippen molar-refractivity contribution in [3.05, 3.63) is 30.1 Å². The van der Waals surface area contributed by atoms with E-state index in [1.54, 1.807) is 12.4 Å². The molecule has 0 radical (unpaired) electrons. The first kappa shape index (κ1) is 12.9. The largest absolute Gasteiger partial charge is 0.353 e. The van der Waals surface area contributed by atoms with Gasteiger partial charge in [0.15, 0.2) is 0 Å². The Balaban J connectivity index is 1.78. The number of hydrogen-bond acceptors (Lipinski definition) is 2. The van der Waals surface area contributed by atoms with Crippen molar-refractivity contribution in [1.82, 2.24) is 10.3 Å². The Morgan fingerprint density at radius 1 is 1.61 bits per heavy atom. The van der Waals surface area contributed by atoms with Gasteiger partial charge in [0.25, 0.3) is 0 Å². The normalized spacial score (nSPS) is 19.9. The van der Waals surface area contributed by atoms with E-state index >= 15 is 0 Å². The number of halogens is 2. The first-order chi connectivity index (χ1) is 8.46. The van der Waals surface area contributed by atoms with Crippen molar-refractivity contribution in [2.24, 2.45) is 5.92 Å². The Labute approximate surface area is 105 Å². The predicted octanol–water partition coefficient (Wildman–Crippen LogP) is 2.17. The Hall–Kier alpha value is -1.52. The van der Waals surface area contributed by atoms with Crippen molar-refractivity contribution in [1.29, 1.82) is 0 Å².